The fraction of sp³-hybridized carbons (Fsp3) is 0.625. The highest BCUT2D eigenvalue weighted by molar-refractivity contribution is 5.92. The summed E-state index contributed by atoms with van der Waals surface area (Å²) in [6, 6.07) is 9.21. The van der Waals surface area contributed by atoms with Crippen molar-refractivity contribution >= 4 is 11.5 Å². The molecule has 4 fully saturated rings. The van der Waals surface area contributed by atoms with E-state index in [-0.39, 0.29) is 11.2 Å². The Balaban J connectivity index is 1.35. The third kappa shape index (κ3) is 2.92. The van der Waals surface area contributed by atoms with Crippen LogP contribution < -0.4 is 5.32 Å². The molecule has 0 atom stereocenters. The first kappa shape index (κ1) is 16.6. The van der Waals surface area contributed by atoms with Gasteiger partial charge in [0.05, 0.1) is 0 Å². The lowest BCUT2D eigenvalue weighted by molar-refractivity contribution is -0.117. The van der Waals surface area contributed by atoms with E-state index < -0.39 is 0 Å². The van der Waals surface area contributed by atoms with Gasteiger partial charge in [-0.2, -0.15) is 0 Å². The number of carbonyl (C=O) groups excluding carboxylic acids is 1. The minimum absolute atomic E-state index is 0.0628. The number of carbonyl (C=O) groups is 1. The van der Waals surface area contributed by atoms with Crippen molar-refractivity contribution in [3.63, 3.8) is 0 Å². The molecule has 26 heavy (non-hydrogen) atoms. The molecule has 0 aromatic heterocycles. The maximum absolute atomic E-state index is 12.0. The number of anilines is 1. The van der Waals surface area contributed by atoms with Crippen LogP contribution in [-0.2, 0) is 10.2 Å². The van der Waals surface area contributed by atoms with E-state index in [0.29, 0.717) is 11.8 Å². The molecule has 1 aromatic carbocycles. The molecule has 0 aliphatic heterocycles. The van der Waals surface area contributed by atoms with Gasteiger partial charge >= 0.3 is 0 Å². The third-order valence-electron chi connectivity index (χ3n) is 7.50. The van der Waals surface area contributed by atoms with Crippen LogP contribution in [0.2, 0.25) is 0 Å². The molecule has 6 rings (SSSR count). The number of allylic oxidation sites excluding steroid dienone is 2. The number of hydrogen-bond donors (Lipinski definition) is 1. The molecule has 0 spiro atoms. The summed E-state index contributed by atoms with van der Waals surface area (Å²) in [5, 5.41) is 3.51. The summed E-state index contributed by atoms with van der Waals surface area (Å²) in [6.07, 6.45) is 12.1. The summed E-state index contributed by atoms with van der Waals surface area (Å²) in [5.74, 6) is 3.20. The quantitative estimate of drug-likeness (QED) is 0.743. The second kappa shape index (κ2) is 5.71. The van der Waals surface area contributed by atoms with Gasteiger partial charge in [-0.15, -0.1) is 0 Å². The monoisotopic (exact) mass is 349 g/mol. The maximum Gasteiger partial charge on any atom is 0.157 e. The van der Waals surface area contributed by atoms with Gasteiger partial charge in [-0.1, -0.05) is 26.0 Å². The third-order valence-corrected chi connectivity index (χ3v) is 7.50. The Morgan fingerprint density at radius 1 is 0.885 bits per heavy atom. The molecular weight excluding hydrogens is 318 g/mol. The van der Waals surface area contributed by atoms with Gasteiger partial charge in [-0.3, -0.25) is 4.79 Å². The zero-order valence-electron chi connectivity index (χ0n) is 16.2. The van der Waals surface area contributed by atoms with Crippen molar-refractivity contribution < 1.29 is 4.79 Å². The highest BCUT2D eigenvalue weighted by atomic mass is 16.1. The summed E-state index contributed by atoms with van der Waals surface area (Å²) in [4.78, 5) is 12.0. The first-order valence-corrected chi connectivity index (χ1v) is 10.5. The lowest BCUT2D eigenvalue weighted by Crippen LogP contribution is -2.48. The standard InChI is InChI=1S/C24H31NO/c1-23(2)14-21(10-22(26)15-23)25-20-5-3-19(4-6-20)24-11-16-7-17(12-24)9-18(8-16)13-24/h3-6,10,16-18,25H,7-9,11-15H2,1-2H3. The molecule has 0 amide bonds. The van der Waals surface area contributed by atoms with Crippen molar-refractivity contribution in [2.75, 3.05) is 5.32 Å². The molecule has 0 heterocycles. The zero-order chi connectivity index (χ0) is 17.9. The van der Waals surface area contributed by atoms with Crippen molar-refractivity contribution in [1.29, 1.82) is 0 Å². The summed E-state index contributed by atoms with van der Waals surface area (Å²) in [7, 11) is 0. The Bertz CT molecular complexity index is 720. The second-order valence-electron chi connectivity index (χ2n) is 10.6. The van der Waals surface area contributed by atoms with Gasteiger partial charge in [0.2, 0.25) is 0 Å². The molecule has 0 radical (unpaired) electrons. The molecule has 1 N–H and O–H groups in total. The summed E-state index contributed by atoms with van der Waals surface area (Å²) < 4.78 is 0. The van der Waals surface area contributed by atoms with Crippen LogP contribution >= 0.6 is 0 Å². The molecule has 0 saturated heterocycles. The van der Waals surface area contributed by atoms with Crippen LogP contribution in [-0.4, -0.2) is 5.78 Å². The fourth-order valence-corrected chi connectivity index (χ4v) is 6.98. The molecule has 4 saturated carbocycles. The van der Waals surface area contributed by atoms with E-state index in [1.165, 1.54) is 38.5 Å². The molecule has 2 heteroatoms. The van der Waals surface area contributed by atoms with Crippen molar-refractivity contribution in [1.82, 2.24) is 0 Å². The van der Waals surface area contributed by atoms with Crippen LogP contribution in [0.5, 0.6) is 0 Å². The Morgan fingerprint density at radius 2 is 1.46 bits per heavy atom. The maximum atomic E-state index is 12.0. The largest absolute Gasteiger partial charge is 0.359 e. The van der Waals surface area contributed by atoms with Gasteiger partial charge in [0.15, 0.2) is 5.78 Å². The first-order chi connectivity index (χ1) is 12.4. The Labute approximate surface area is 157 Å². The highest BCUT2D eigenvalue weighted by Crippen LogP contribution is 2.60. The molecule has 138 valence electrons. The lowest BCUT2D eigenvalue weighted by atomic mass is 9.48. The summed E-state index contributed by atoms with van der Waals surface area (Å²) >= 11 is 0. The fourth-order valence-electron chi connectivity index (χ4n) is 6.98. The number of rotatable bonds is 3. The van der Waals surface area contributed by atoms with Crippen molar-refractivity contribution in [3.8, 4) is 0 Å². The van der Waals surface area contributed by atoms with Crippen LogP contribution in [0.25, 0.3) is 0 Å². The minimum Gasteiger partial charge on any atom is -0.359 e. The number of ketones is 1. The van der Waals surface area contributed by atoms with E-state index in [4.69, 9.17) is 0 Å². The number of nitrogens with one attached hydrogen (secondary N) is 1. The van der Waals surface area contributed by atoms with Crippen LogP contribution in [0.1, 0.15) is 70.8 Å². The zero-order valence-corrected chi connectivity index (χ0v) is 16.2. The van der Waals surface area contributed by atoms with E-state index in [9.17, 15) is 4.79 Å². The van der Waals surface area contributed by atoms with Crippen LogP contribution in [0, 0.1) is 23.2 Å². The van der Waals surface area contributed by atoms with Crippen molar-refractivity contribution in [2.45, 2.75) is 70.6 Å². The highest BCUT2D eigenvalue weighted by Gasteiger charge is 2.51. The van der Waals surface area contributed by atoms with Crippen LogP contribution in [0.4, 0.5) is 5.69 Å². The van der Waals surface area contributed by atoms with Gasteiger partial charge in [0, 0.05) is 23.9 Å². The Hall–Kier alpha value is -1.57. The molecule has 1 aromatic rings. The molecule has 5 aliphatic rings. The molecular formula is C24H31NO. The molecule has 0 unspecified atom stereocenters. The summed E-state index contributed by atoms with van der Waals surface area (Å²) in [5.41, 5.74) is 4.28. The number of hydrogen-bond acceptors (Lipinski definition) is 2. The van der Waals surface area contributed by atoms with Gasteiger partial charge in [-0.25, -0.2) is 0 Å². The van der Waals surface area contributed by atoms with Crippen molar-refractivity contribution in [3.05, 3.63) is 41.6 Å². The van der Waals surface area contributed by atoms with Crippen LogP contribution in [0.15, 0.2) is 36.0 Å². The normalized spacial score (nSPS) is 37.5. The minimum atomic E-state index is 0.0628. The van der Waals surface area contributed by atoms with E-state index in [0.717, 1.165) is 35.6 Å². The van der Waals surface area contributed by atoms with E-state index in [1.54, 1.807) is 11.6 Å². The Morgan fingerprint density at radius 3 is 2.00 bits per heavy atom. The van der Waals surface area contributed by atoms with E-state index >= 15 is 0 Å². The number of benzene rings is 1. The average molecular weight is 350 g/mol. The van der Waals surface area contributed by atoms with Gasteiger partial charge in [0.1, 0.15) is 0 Å². The average Bonchev–Trinajstić information content (AvgIpc) is 2.52. The smallest absolute Gasteiger partial charge is 0.157 e. The SMILES string of the molecule is CC1(C)CC(=O)C=C(Nc2ccc(C34CC5CC(CC(C5)C3)C4)cc2)C1. The van der Waals surface area contributed by atoms with Crippen molar-refractivity contribution in [2.24, 2.45) is 23.2 Å². The van der Waals surface area contributed by atoms with E-state index in [2.05, 4.69) is 43.4 Å². The lowest BCUT2D eigenvalue weighted by Gasteiger charge is -2.57. The second-order valence-corrected chi connectivity index (χ2v) is 10.6. The Kier molecular flexibility index (Phi) is 3.64. The molecule has 5 aliphatic carbocycles. The topological polar surface area (TPSA) is 29.1 Å². The summed E-state index contributed by atoms with van der Waals surface area (Å²) in [6.45, 7) is 4.35. The van der Waals surface area contributed by atoms with Gasteiger partial charge < -0.3 is 5.32 Å². The molecule has 2 nitrogen and oxygen atoms in total. The first-order valence-electron chi connectivity index (χ1n) is 10.5. The van der Waals surface area contributed by atoms with Crippen LogP contribution in [0.3, 0.4) is 0 Å². The van der Waals surface area contributed by atoms with Gasteiger partial charge in [0.25, 0.3) is 0 Å². The van der Waals surface area contributed by atoms with Gasteiger partial charge in [-0.05, 0) is 91.2 Å². The predicted octanol–water partition coefficient (Wildman–Crippen LogP) is 5.84. The van der Waals surface area contributed by atoms with E-state index in [1.807, 2.05) is 0 Å². The predicted molar refractivity (Wildman–Crippen MR) is 106 cm³/mol. The molecule has 4 bridgehead atoms.